The molecular weight excluding hydrogens is 222 g/mol. The Morgan fingerprint density at radius 1 is 1.28 bits per heavy atom. The zero-order chi connectivity index (χ0) is 13.1. The van der Waals surface area contributed by atoms with Gasteiger partial charge in [0.2, 0.25) is 5.91 Å². The van der Waals surface area contributed by atoms with Crippen molar-refractivity contribution in [3.63, 3.8) is 0 Å². The highest BCUT2D eigenvalue weighted by Gasteiger charge is 2.24. The number of benzene rings is 1. The van der Waals surface area contributed by atoms with E-state index in [1.807, 2.05) is 0 Å². The molecule has 98 valence electrons. The molecule has 1 aliphatic carbocycles. The van der Waals surface area contributed by atoms with Gasteiger partial charge in [-0.3, -0.25) is 4.79 Å². The lowest BCUT2D eigenvalue weighted by Gasteiger charge is -2.19. The highest BCUT2D eigenvalue weighted by Crippen LogP contribution is 2.26. The summed E-state index contributed by atoms with van der Waals surface area (Å²) in [5.41, 5.74) is 3.76. The molecule has 1 fully saturated rings. The summed E-state index contributed by atoms with van der Waals surface area (Å²) in [4.78, 5) is 12.1. The van der Waals surface area contributed by atoms with Crippen molar-refractivity contribution in [3.8, 4) is 0 Å². The van der Waals surface area contributed by atoms with Crippen LogP contribution in [0, 0.1) is 19.8 Å². The van der Waals surface area contributed by atoms with E-state index in [-0.39, 0.29) is 17.9 Å². The van der Waals surface area contributed by atoms with Crippen LogP contribution in [-0.2, 0) is 4.79 Å². The maximum absolute atomic E-state index is 12.1. The number of carbonyl (C=O) groups is 1. The molecule has 0 aliphatic heterocycles. The summed E-state index contributed by atoms with van der Waals surface area (Å²) >= 11 is 0. The van der Waals surface area contributed by atoms with Crippen LogP contribution in [0.5, 0.6) is 0 Å². The molecule has 1 aromatic carbocycles. The van der Waals surface area contributed by atoms with E-state index in [2.05, 4.69) is 44.3 Å². The van der Waals surface area contributed by atoms with Gasteiger partial charge in [-0.1, -0.05) is 36.6 Å². The van der Waals surface area contributed by atoms with Gasteiger partial charge >= 0.3 is 0 Å². The second kappa shape index (κ2) is 5.55. The topological polar surface area (TPSA) is 29.1 Å². The molecule has 0 aromatic heterocycles. The number of hydrogen-bond donors (Lipinski definition) is 1. The smallest absolute Gasteiger partial charge is 0.223 e. The summed E-state index contributed by atoms with van der Waals surface area (Å²) in [7, 11) is 0. The first-order chi connectivity index (χ1) is 8.58. The van der Waals surface area contributed by atoms with E-state index in [1.54, 1.807) is 0 Å². The van der Waals surface area contributed by atoms with E-state index in [9.17, 15) is 4.79 Å². The van der Waals surface area contributed by atoms with Gasteiger partial charge in [0.1, 0.15) is 0 Å². The van der Waals surface area contributed by atoms with Crippen LogP contribution in [0.25, 0.3) is 0 Å². The second-order valence-corrected chi connectivity index (χ2v) is 5.57. The van der Waals surface area contributed by atoms with Crippen LogP contribution in [0.3, 0.4) is 0 Å². The quantitative estimate of drug-likeness (QED) is 0.865. The van der Waals surface area contributed by atoms with Crippen molar-refractivity contribution in [2.45, 2.75) is 52.5 Å². The maximum Gasteiger partial charge on any atom is 0.223 e. The largest absolute Gasteiger partial charge is 0.349 e. The molecule has 1 amide bonds. The first-order valence-electron chi connectivity index (χ1n) is 6.95. The van der Waals surface area contributed by atoms with Gasteiger partial charge in [0.15, 0.2) is 0 Å². The number of nitrogens with one attached hydrogen (secondary N) is 1. The Morgan fingerprint density at radius 3 is 2.56 bits per heavy atom. The summed E-state index contributed by atoms with van der Waals surface area (Å²) in [5, 5.41) is 3.16. The average Bonchev–Trinajstić information content (AvgIpc) is 2.81. The monoisotopic (exact) mass is 245 g/mol. The normalized spacial score (nSPS) is 17.7. The molecule has 0 saturated heterocycles. The molecule has 0 radical (unpaired) electrons. The molecule has 1 aliphatic rings. The molecule has 1 saturated carbocycles. The van der Waals surface area contributed by atoms with Gasteiger partial charge in [0, 0.05) is 5.92 Å². The summed E-state index contributed by atoms with van der Waals surface area (Å²) in [6, 6.07) is 6.52. The fourth-order valence-electron chi connectivity index (χ4n) is 2.91. The summed E-state index contributed by atoms with van der Waals surface area (Å²) in [6.07, 6.45) is 4.53. The van der Waals surface area contributed by atoms with E-state index < -0.39 is 0 Å². The van der Waals surface area contributed by atoms with E-state index in [1.165, 1.54) is 29.5 Å². The number of hydrogen-bond acceptors (Lipinski definition) is 1. The van der Waals surface area contributed by atoms with E-state index in [0.29, 0.717) is 0 Å². The van der Waals surface area contributed by atoms with E-state index in [4.69, 9.17) is 0 Å². The Morgan fingerprint density at radius 2 is 1.94 bits per heavy atom. The molecule has 2 nitrogen and oxygen atoms in total. The van der Waals surface area contributed by atoms with Gasteiger partial charge in [0.05, 0.1) is 6.04 Å². The third-order valence-corrected chi connectivity index (χ3v) is 3.98. The van der Waals surface area contributed by atoms with Crippen molar-refractivity contribution in [2.75, 3.05) is 0 Å². The van der Waals surface area contributed by atoms with Gasteiger partial charge in [-0.25, -0.2) is 0 Å². The van der Waals surface area contributed by atoms with Crippen LogP contribution in [-0.4, -0.2) is 5.91 Å². The number of carbonyl (C=O) groups excluding carboxylic acids is 1. The van der Waals surface area contributed by atoms with Crippen LogP contribution in [0.2, 0.25) is 0 Å². The minimum absolute atomic E-state index is 0.110. The van der Waals surface area contributed by atoms with Gasteiger partial charge in [-0.15, -0.1) is 0 Å². The molecule has 1 N–H and O–H groups in total. The van der Waals surface area contributed by atoms with Gasteiger partial charge < -0.3 is 5.32 Å². The molecular formula is C16H23NO. The standard InChI is InChI=1S/C16H23NO/c1-11-8-9-15(12(2)10-11)13(3)17-16(18)14-6-4-5-7-14/h8-10,13-14H,4-7H2,1-3H3,(H,17,18)/t13-/m0/s1. The molecule has 1 aromatic rings. The average molecular weight is 245 g/mol. The van der Waals surface area contributed by atoms with Crippen LogP contribution in [0.15, 0.2) is 18.2 Å². The Hall–Kier alpha value is -1.31. The summed E-state index contributed by atoms with van der Waals surface area (Å²) in [6.45, 7) is 6.28. The maximum atomic E-state index is 12.1. The zero-order valence-corrected chi connectivity index (χ0v) is 11.6. The van der Waals surface area contributed by atoms with Crippen molar-refractivity contribution < 1.29 is 4.79 Å². The Bertz CT molecular complexity index is 433. The third-order valence-electron chi connectivity index (χ3n) is 3.98. The number of amides is 1. The summed E-state index contributed by atoms with van der Waals surface area (Å²) in [5.74, 6) is 0.484. The lowest BCUT2D eigenvalue weighted by atomic mass is 9.99. The fraction of sp³-hybridized carbons (Fsp3) is 0.562. The Labute approximate surface area is 110 Å². The van der Waals surface area contributed by atoms with Crippen LogP contribution >= 0.6 is 0 Å². The van der Waals surface area contributed by atoms with Crippen LogP contribution in [0.1, 0.15) is 55.3 Å². The second-order valence-electron chi connectivity index (χ2n) is 5.57. The predicted octanol–water partition coefficient (Wildman–Crippen LogP) is 3.67. The molecule has 18 heavy (non-hydrogen) atoms. The van der Waals surface area contributed by atoms with Crippen molar-refractivity contribution >= 4 is 5.91 Å². The van der Waals surface area contributed by atoms with Gasteiger partial charge in [-0.2, -0.15) is 0 Å². The molecule has 0 spiro atoms. The van der Waals surface area contributed by atoms with Crippen LogP contribution < -0.4 is 5.32 Å². The molecule has 0 heterocycles. The molecule has 0 bridgehead atoms. The first kappa shape index (κ1) is 13.1. The number of rotatable bonds is 3. The SMILES string of the molecule is Cc1ccc([C@H](C)NC(=O)C2CCCC2)c(C)c1. The van der Waals surface area contributed by atoms with Crippen molar-refractivity contribution in [2.24, 2.45) is 5.92 Å². The minimum atomic E-state index is 0.110. The highest BCUT2D eigenvalue weighted by molar-refractivity contribution is 5.79. The Kier molecular flexibility index (Phi) is 4.05. The minimum Gasteiger partial charge on any atom is -0.349 e. The molecule has 1 atom stereocenters. The fourth-order valence-corrected chi connectivity index (χ4v) is 2.91. The van der Waals surface area contributed by atoms with Gasteiger partial charge in [-0.05, 0) is 44.7 Å². The molecule has 0 unspecified atom stereocenters. The summed E-state index contributed by atoms with van der Waals surface area (Å²) < 4.78 is 0. The Balaban J connectivity index is 2.02. The van der Waals surface area contributed by atoms with Crippen LogP contribution in [0.4, 0.5) is 0 Å². The first-order valence-corrected chi connectivity index (χ1v) is 6.95. The van der Waals surface area contributed by atoms with Crippen molar-refractivity contribution in [1.29, 1.82) is 0 Å². The lowest BCUT2D eigenvalue weighted by Crippen LogP contribution is -2.31. The number of aryl methyl sites for hydroxylation is 2. The van der Waals surface area contributed by atoms with Crippen molar-refractivity contribution in [1.82, 2.24) is 5.32 Å². The predicted molar refractivity (Wildman–Crippen MR) is 74.4 cm³/mol. The van der Waals surface area contributed by atoms with Gasteiger partial charge in [0.25, 0.3) is 0 Å². The van der Waals surface area contributed by atoms with E-state index in [0.717, 1.165) is 12.8 Å². The lowest BCUT2D eigenvalue weighted by molar-refractivity contribution is -0.125. The highest BCUT2D eigenvalue weighted by atomic mass is 16.1. The zero-order valence-electron chi connectivity index (χ0n) is 11.6. The molecule has 2 heteroatoms. The van der Waals surface area contributed by atoms with Crippen molar-refractivity contribution in [3.05, 3.63) is 34.9 Å². The molecule has 2 rings (SSSR count). The van der Waals surface area contributed by atoms with E-state index >= 15 is 0 Å². The third kappa shape index (κ3) is 2.92.